The van der Waals surface area contributed by atoms with Crippen LogP contribution in [0.15, 0.2) is 60.8 Å². The monoisotopic (exact) mass is 346 g/mol. The highest BCUT2D eigenvalue weighted by Crippen LogP contribution is 2.31. The number of benzene rings is 2. The maximum Gasteiger partial charge on any atom is 0.272 e. The van der Waals surface area contributed by atoms with Crippen LogP contribution in [0.5, 0.6) is 0 Å². The molecule has 0 saturated carbocycles. The van der Waals surface area contributed by atoms with E-state index in [0.717, 1.165) is 17.5 Å². The van der Waals surface area contributed by atoms with Gasteiger partial charge < -0.3 is 10.0 Å². The zero-order valence-electron chi connectivity index (χ0n) is 14.8. The molecule has 132 valence electrons. The van der Waals surface area contributed by atoms with Crippen molar-refractivity contribution in [1.82, 2.24) is 9.88 Å². The maximum absolute atomic E-state index is 12.7. The molecule has 4 rings (SSSR count). The van der Waals surface area contributed by atoms with Crippen LogP contribution in [0.4, 0.5) is 0 Å². The summed E-state index contributed by atoms with van der Waals surface area (Å²) in [5.41, 5.74) is 2.48. The number of hydrogen-bond donors (Lipinski definition) is 1. The van der Waals surface area contributed by atoms with Crippen LogP contribution in [0.25, 0.3) is 10.8 Å². The summed E-state index contributed by atoms with van der Waals surface area (Å²) in [6.45, 7) is 2.86. The van der Waals surface area contributed by atoms with Gasteiger partial charge >= 0.3 is 0 Å². The normalized spacial score (nSPS) is 20.3. The first-order chi connectivity index (χ1) is 12.6. The highest BCUT2D eigenvalue weighted by Gasteiger charge is 2.32. The van der Waals surface area contributed by atoms with Gasteiger partial charge in [-0.15, -0.1) is 0 Å². The van der Waals surface area contributed by atoms with E-state index in [9.17, 15) is 9.90 Å². The van der Waals surface area contributed by atoms with Gasteiger partial charge in [0, 0.05) is 25.2 Å². The fraction of sp³-hybridized carbons (Fsp3) is 0.273. The van der Waals surface area contributed by atoms with E-state index in [4.69, 9.17) is 0 Å². The van der Waals surface area contributed by atoms with Crippen molar-refractivity contribution < 1.29 is 9.90 Å². The molecule has 2 heterocycles. The minimum atomic E-state index is -0.571. The van der Waals surface area contributed by atoms with E-state index in [0.29, 0.717) is 18.8 Å². The number of nitrogens with zero attached hydrogens (tertiary/aromatic N) is 2. The Hall–Kier alpha value is -2.72. The van der Waals surface area contributed by atoms with Gasteiger partial charge in [-0.05, 0) is 41.3 Å². The summed E-state index contributed by atoms with van der Waals surface area (Å²) in [6.07, 6.45) is 1.81. The molecule has 0 aliphatic carbocycles. The second-order valence-electron chi connectivity index (χ2n) is 6.99. The molecule has 1 amide bonds. The van der Waals surface area contributed by atoms with Crippen LogP contribution >= 0.6 is 0 Å². The molecular weight excluding hydrogens is 324 g/mol. The third-order valence-corrected chi connectivity index (χ3v) is 5.28. The maximum atomic E-state index is 12.7. The minimum absolute atomic E-state index is 0.0495. The molecule has 0 spiro atoms. The molecule has 4 nitrogen and oxygen atoms in total. The lowest BCUT2D eigenvalue weighted by atomic mass is 9.86. The number of piperidine rings is 1. The predicted molar refractivity (Wildman–Crippen MR) is 102 cm³/mol. The minimum Gasteiger partial charge on any atom is -0.391 e. The number of carbonyl (C=O) groups is 1. The van der Waals surface area contributed by atoms with E-state index in [1.54, 1.807) is 11.1 Å². The Morgan fingerprint density at radius 1 is 1.12 bits per heavy atom. The third kappa shape index (κ3) is 3.08. The van der Waals surface area contributed by atoms with Crippen LogP contribution in [0.3, 0.4) is 0 Å². The van der Waals surface area contributed by atoms with Crippen LogP contribution in [0.1, 0.15) is 34.0 Å². The Morgan fingerprint density at radius 2 is 1.92 bits per heavy atom. The number of hydrogen-bond acceptors (Lipinski definition) is 3. The number of carbonyl (C=O) groups excluding carboxylic acids is 1. The number of aryl methyl sites for hydroxylation is 1. The van der Waals surface area contributed by atoms with Crippen molar-refractivity contribution in [3.8, 4) is 0 Å². The first-order valence-electron chi connectivity index (χ1n) is 9.01. The number of aromatic nitrogens is 1. The number of pyridine rings is 1. The lowest BCUT2D eigenvalue weighted by Crippen LogP contribution is -2.46. The topological polar surface area (TPSA) is 53.4 Å². The van der Waals surface area contributed by atoms with Gasteiger partial charge in [0.25, 0.3) is 5.91 Å². The fourth-order valence-corrected chi connectivity index (χ4v) is 3.80. The molecule has 1 aromatic heterocycles. The number of β-amino-alcohol motifs (C(OH)–C–C–N with tert-alkyl or cyclic N) is 1. The summed E-state index contributed by atoms with van der Waals surface area (Å²) in [5, 5.41) is 13.1. The molecule has 4 heteroatoms. The first-order valence-corrected chi connectivity index (χ1v) is 9.01. The van der Waals surface area contributed by atoms with Crippen LogP contribution < -0.4 is 0 Å². The lowest BCUT2D eigenvalue weighted by molar-refractivity contribution is 0.0377. The largest absolute Gasteiger partial charge is 0.391 e. The SMILES string of the molecule is Cc1cccnc1C(=O)N1CC[C@@H](c2ccc3ccccc3c2)[C@H](O)C1. The van der Waals surface area contributed by atoms with E-state index in [2.05, 4.69) is 35.3 Å². The average molecular weight is 346 g/mol. The quantitative estimate of drug-likeness (QED) is 0.772. The lowest BCUT2D eigenvalue weighted by Gasteiger charge is -2.36. The number of aliphatic hydroxyl groups excluding tert-OH is 1. The van der Waals surface area contributed by atoms with E-state index in [-0.39, 0.29) is 11.8 Å². The van der Waals surface area contributed by atoms with Crippen molar-refractivity contribution in [2.45, 2.75) is 25.4 Å². The molecule has 2 aromatic carbocycles. The molecule has 1 aliphatic rings. The van der Waals surface area contributed by atoms with Gasteiger partial charge in [-0.3, -0.25) is 9.78 Å². The predicted octanol–water partition coefficient (Wildman–Crippen LogP) is 3.53. The molecule has 1 saturated heterocycles. The zero-order valence-corrected chi connectivity index (χ0v) is 14.8. The van der Waals surface area contributed by atoms with Crippen molar-refractivity contribution in [3.05, 3.63) is 77.6 Å². The molecule has 1 N–H and O–H groups in total. The second kappa shape index (κ2) is 6.89. The Bertz CT molecular complexity index is 954. The highest BCUT2D eigenvalue weighted by molar-refractivity contribution is 5.93. The Labute approximate surface area is 153 Å². The van der Waals surface area contributed by atoms with Gasteiger partial charge in [-0.2, -0.15) is 0 Å². The van der Waals surface area contributed by atoms with Crippen LogP contribution in [0, 0.1) is 6.92 Å². The van der Waals surface area contributed by atoms with Crippen LogP contribution in [-0.4, -0.2) is 40.1 Å². The summed E-state index contributed by atoms with van der Waals surface area (Å²) in [6, 6.07) is 18.3. The highest BCUT2D eigenvalue weighted by atomic mass is 16.3. The van der Waals surface area contributed by atoms with E-state index >= 15 is 0 Å². The number of likely N-dealkylation sites (tertiary alicyclic amines) is 1. The van der Waals surface area contributed by atoms with Crippen LogP contribution in [-0.2, 0) is 0 Å². The molecule has 0 unspecified atom stereocenters. The molecule has 3 aromatic rings. The van der Waals surface area contributed by atoms with Crippen molar-refractivity contribution in [1.29, 1.82) is 0 Å². The van der Waals surface area contributed by atoms with E-state index in [1.165, 1.54) is 10.8 Å². The van der Waals surface area contributed by atoms with Gasteiger partial charge in [-0.25, -0.2) is 0 Å². The van der Waals surface area contributed by atoms with E-state index < -0.39 is 6.10 Å². The Morgan fingerprint density at radius 3 is 2.69 bits per heavy atom. The molecule has 26 heavy (non-hydrogen) atoms. The van der Waals surface area contributed by atoms with Crippen molar-refractivity contribution in [3.63, 3.8) is 0 Å². The van der Waals surface area contributed by atoms with Crippen molar-refractivity contribution in [2.24, 2.45) is 0 Å². The average Bonchev–Trinajstić information content (AvgIpc) is 2.67. The first kappa shape index (κ1) is 16.7. The van der Waals surface area contributed by atoms with Gasteiger partial charge in [0.05, 0.1) is 6.10 Å². The number of rotatable bonds is 2. The van der Waals surface area contributed by atoms with Crippen LogP contribution in [0.2, 0.25) is 0 Å². The standard InChI is InChI=1S/C22H22N2O2/c1-15-5-4-11-23-21(15)22(26)24-12-10-19(20(25)14-24)18-9-8-16-6-2-3-7-17(16)13-18/h2-9,11,13,19-20,25H,10,12,14H2,1H3/t19-,20+/m0/s1. The van der Waals surface area contributed by atoms with Gasteiger partial charge in [0.1, 0.15) is 5.69 Å². The number of aliphatic hydroxyl groups is 1. The van der Waals surface area contributed by atoms with Gasteiger partial charge in [0.15, 0.2) is 0 Å². The summed E-state index contributed by atoms with van der Waals surface area (Å²) < 4.78 is 0. The van der Waals surface area contributed by atoms with E-state index in [1.807, 2.05) is 31.2 Å². The number of fused-ring (bicyclic) bond motifs is 1. The molecule has 1 aliphatic heterocycles. The Balaban J connectivity index is 1.53. The molecule has 2 atom stereocenters. The number of amides is 1. The zero-order chi connectivity index (χ0) is 18.1. The summed E-state index contributed by atoms with van der Waals surface area (Å²) in [7, 11) is 0. The summed E-state index contributed by atoms with van der Waals surface area (Å²) in [4.78, 5) is 18.7. The van der Waals surface area contributed by atoms with Crippen molar-refractivity contribution >= 4 is 16.7 Å². The third-order valence-electron chi connectivity index (χ3n) is 5.28. The van der Waals surface area contributed by atoms with Gasteiger partial charge in [0.2, 0.25) is 0 Å². The second-order valence-corrected chi connectivity index (χ2v) is 6.99. The smallest absolute Gasteiger partial charge is 0.272 e. The van der Waals surface area contributed by atoms with Gasteiger partial charge in [-0.1, -0.05) is 48.5 Å². The molecule has 0 bridgehead atoms. The molecule has 0 radical (unpaired) electrons. The molecule has 1 fully saturated rings. The fourth-order valence-electron chi connectivity index (χ4n) is 3.80. The molecular formula is C22H22N2O2. The van der Waals surface area contributed by atoms with Crippen molar-refractivity contribution in [2.75, 3.05) is 13.1 Å². The Kier molecular flexibility index (Phi) is 4.43. The summed E-state index contributed by atoms with van der Waals surface area (Å²) in [5.74, 6) is -0.0485. The summed E-state index contributed by atoms with van der Waals surface area (Å²) >= 11 is 0.